The van der Waals surface area contributed by atoms with E-state index < -0.39 is 5.60 Å². The number of Topliss-reactive ketones (excluding diaryl/α,β-unsaturated/α-hetero) is 1. The predicted molar refractivity (Wildman–Crippen MR) is 149 cm³/mol. The van der Waals surface area contributed by atoms with Gasteiger partial charge in [0.05, 0.1) is 0 Å². The lowest BCUT2D eigenvalue weighted by Gasteiger charge is -2.41. The van der Waals surface area contributed by atoms with Crippen molar-refractivity contribution in [1.29, 1.82) is 0 Å². The van der Waals surface area contributed by atoms with Crippen LogP contribution in [0.15, 0.2) is 12.1 Å². The Balaban J connectivity index is 1.35. The number of amides is 2. The number of hydrogen-bond acceptors (Lipinski definition) is 5. The molecule has 4 rings (SSSR count). The molecule has 2 amide bonds. The highest BCUT2D eigenvalue weighted by molar-refractivity contribution is 6.30. The molecule has 0 aromatic heterocycles. The number of halogens is 1. The van der Waals surface area contributed by atoms with Gasteiger partial charge >= 0.3 is 6.09 Å². The zero-order valence-corrected chi connectivity index (χ0v) is 24.5. The second-order valence-electron chi connectivity index (χ2n) is 12.5. The fourth-order valence-corrected chi connectivity index (χ4v) is 6.41. The summed E-state index contributed by atoms with van der Waals surface area (Å²) in [6, 6.07) is 4.10. The van der Waals surface area contributed by atoms with Crippen molar-refractivity contribution in [1.82, 2.24) is 14.7 Å². The molecule has 2 atom stereocenters. The number of likely N-dealkylation sites (tertiary alicyclic amines) is 1. The van der Waals surface area contributed by atoms with E-state index in [9.17, 15) is 14.4 Å². The fraction of sp³-hybridized carbons (Fsp3) is 0.700. The first-order chi connectivity index (χ1) is 17.9. The number of hydrogen-bond donors (Lipinski definition) is 0. The van der Waals surface area contributed by atoms with Crippen molar-refractivity contribution in [2.45, 2.75) is 91.3 Å². The summed E-state index contributed by atoms with van der Waals surface area (Å²) in [6.07, 6.45) is 5.04. The van der Waals surface area contributed by atoms with Crippen LogP contribution in [0.25, 0.3) is 0 Å². The van der Waals surface area contributed by atoms with E-state index >= 15 is 0 Å². The summed E-state index contributed by atoms with van der Waals surface area (Å²) < 4.78 is 5.48. The number of carbonyl (C=O) groups is 3. The van der Waals surface area contributed by atoms with E-state index in [-0.39, 0.29) is 29.8 Å². The molecule has 1 aliphatic carbocycles. The summed E-state index contributed by atoms with van der Waals surface area (Å²) in [5.41, 5.74) is 2.63. The normalized spacial score (nSPS) is 23.2. The van der Waals surface area contributed by atoms with Crippen LogP contribution in [0.1, 0.15) is 76.5 Å². The van der Waals surface area contributed by atoms with E-state index in [1.807, 2.05) is 32.9 Å². The lowest BCUT2D eigenvalue weighted by Crippen LogP contribution is -2.54. The molecule has 1 aromatic rings. The van der Waals surface area contributed by atoms with Crippen molar-refractivity contribution in [3.63, 3.8) is 0 Å². The average Bonchev–Trinajstić information content (AvgIpc) is 3.53. The number of ether oxygens (including phenoxy) is 1. The molecule has 1 aromatic carbocycles. The summed E-state index contributed by atoms with van der Waals surface area (Å²) in [6.45, 7) is 13.9. The van der Waals surface area contributed by atoms with Crippen molar-refractivity contribution in [2.75, 3.05) is 32.7 Å². The van der Waals surface area contributed by atoms with Gasteiger partial charge in [-0.1, -0.05) is 24.4 Å². The Morgan fingerprint density at radius 3 is 2.32 bits per heavy atom. The summed E-state index contributed by atoms with van der Waals surface area (Å²) in [5.74, 6) is 0.512. The number of piperazine rings is 1. The van der Waals surface area contributed by atoms with Crippen LogP contribution >= 0.6 is 11.6 Å². The maximum absolute atomic E-state index is 13.2. The van der Waals surface area contributed by atoms with Crippen molar-refractivity contribution < 1.29 is 19.1 Å². The van der Waals surface area contributed by atoms with Crippen LogP contribution in [0.4, 0.5) is 4.79 Å². The van der Waals surface area contributed by atoms with Crippen molar-refractivity contribution in [3.05, 3.63) is 33.8 Å². The number of ketones is 1. The Bertz CT molecular complexity index is 1050. The Morgan fingerprint density at radius 2 is 1.66 bits per heavy atom. The molecule has 1 saturated carbocycles. The molecule has 2 saturated heterocycles. The lowest BCUT2D eigenvalue weighted by atomic mass is 9.92. The SMILES string of the molecule is Cc1c(CC(=O)[C@@H]2CCN(C(=O)OC(C)(C)C)C2)cc(Cl)cc1CN1CCN(C(=O)C2CCCC2)[C@@H](C)C1. The predicted octanol–water partition coefficient (Wildman–Crippen LogP) is 5.24. The van der Waals surface area contributed by atoms with Gasteiger partial charge < -0.3 is 14.5 Å². The van der Waals surface area contributed by atoms with Crippen LogP contribution in [0, 0.1) is 18.8 Å². The molecule has 3 aliphatic rings. The third kappa shape index (κ3) is 7.09. The third-order valence-corrected chi connectivity index (χ3v) is 8.56. The highest BCUT2D eigenvalue weighted by atomic mass is 35.5. The van der Waals surface area contributed by atoms with Gasteiger partial charge in [-0.2, -0.15) is 0 Å². The molecule has 210 valence electrons. The van der Waals surface area contributed by atoms with Gasteiger partial charge in [-0.15, -0.1) is 0 Å². The van der Waals surface area contributed by atoms with Gasteiger partial charge in [0.2, 0.25) is 5.91 Å². The lowest BCUT2D eigenvalue weighted by molar-refractivity contribution is -0.140. The topological polar surface area (TPSA) is 70.2 Å². The molecule has 8 heteroatoms. The quantitative estimate of drug-likeness (QED) is 0.489. The Hall–Kier alpha value is -2.12. The molecule has 0 unspecified atom stereocenters. The zero-order chi connectivity index (χ0) is 27.6. The summed E-state index contributed by atoms with van der Waals surface area (Å²) in [4.78, 5) is 44.7. The molecule has 0 bridgehead atoms. The molecule has 0 spiro atoms. The maximum Gasteiger partial charge on any atom is 0.410 e. The molecule has 0 radical (unpaired) electrons. The molecule has 38 heavy (non-hydrogen) atoms. The Kier molecular flexibility index (Phi) is 9.08. The third-order valence-electron chi connectivity index (χ3n) is 8.34. The van der Waals surface area contributed by atoms with E-state index in [0.717, 1.165) is 55.7 Å². The molecule has 3 fully saturated rings. The van der Waals surface area contributed by atoms with Crippen molar-refractivity contribution >= 4 is 29.4 Å². The number of nitrogens with zero attached hydrogens (tertiary/aromatic N) is 3. The first kappa shape index (κ1) is 28.9. The summed E-state index contributed by atoms with van der Waals surface area (Å²) in [5, 5.41) is 0.637. The minimum absolute atomic E-state index is 0.139. The van der Waals surface area contributed by atoms with E-state index in [2.05, 4.69) is 23.6 Å². The van der Waals surface area contributed by atoms with Gasteiger partial charge in [0.15, 0.2) is 0 Å². The second kappa shape index (κ2) is 12.0. The minimum atomic E-state index is -0.552. The Labute approximate surface area is 232 Å². The van der Waals surface area contributed by atoms with E-state index in [1.165, 1.54) is 12.8 Å². The van der Waals surface area contributed by atoms with Gasteiger partial charge in [-0.25, -0.2) is 4.79 Å². The van der Waals surface area contributed by atoms with E-state index in [1.54, 1.807) is 4.90 Å². The van der Waals surface area contributed by atoms with E-state index in [4.69, 9.17) is 16.3 Å². The van der Waals surface area contributed by atoms with Gasteiger partial charge in [0.1, 0.15) is 11.4 Å². The molecular formula is C30H44ClN3O4. The van der Waals surface area contributed by atoms with Crippen LogP contribution in [0.5, 0.6) is 0 Å². The highest BCUT2D eigenvalue weighted by Crippen LogP contribution is 2.29. The molecular weight excluding hydrogens is 502 g/mol. The zero-order valence-electron chi connectivity index (χ0n) is 23.7. The average molecular weight is 546 g/mol. The molecule has 7 nitrogen and oxygen atoms in total. The molecule has 0 N–H and O–H groups in total. The van der Waals surface area contributed by atoms with Crippen LogP contribution in [-0.4, -0.2) is 76.9 Å². The Morgan fingerprint density at radius 1 is 0.974 bits per heavy atom. The van der Waals surface area contributed by atoms with Gasteiger partial charge in [0, 0.05) is 68.6 Å². The first-order valence-electron chi connectivity index (χ1n) is 14.2. The smallest absolute Gasteiger partial charge is 0.410 e. The summed E-state index contributed by atoms with van der Waals surface area (Å²) >= 11 is 6.52. The minimum Gasteiger partial charge on any atom is -0.444 e. The van der Waals surface area contributed by atoms with Crippen molar-refractivity contribution in [2.24, 2.45) is 11.8 Å². The van der Waals surface area contributed by atoms with Gasteiger partial charge in [-0.05, 0) is 82.7 Å². The number of benzene rings is 1. The summed E-state index contributed by atoms with van der Waals surface area (Å²) in [7, 11) is 0. The maximum atomic E-state index is 13.2. The number of carbonyl (C=O) groups excluding carboxylic acids is 3. The largest absolute Gasteiger partial charge is 0.444 e. The molecule has 2 aliphatic heterocycles. The van der Waals surface area contributed by atoms with E-state index in [0.29, 0.717) is 36.9 Å². The van der Waals surface area contributed by atoms with Gasteiger partial charge in [-0.3, -0.25) is 14.5 Å². The van der Waals surface area contributed by atoms with Crippen molar-refractivity contribution in [3.8, 4) is 0 Å². The monoisotopic (exact) mass is 545 g/mol. The van der Waals surface area contributed by atoms with Crippen LogP contribution in [-0.2, 0) is 27.3 Å². The number of rotatable bonds is 6. The molecule has 2 heterocycles. The van der Waals surface area contributed by atoms with Gasteiger partial charge in [0.25, 0.3) is 0 Å². The van der Waals surface area contributed by atoms with Crippen LogP contribution in [0.3, 0.4) is 0 Å². The highest BCUT2D eigenvalue weighted by Gasteiger charge is 2.35. The van der Waals surface area contributed by atoms with Crippen LogP contribution in [0.2, 0.25) is 5.02 Å². The van der Waals surface area contributed by atoms with Crippen LogP contribution < -0.4 is 0 Å². The second-order valence-corrected chi connectivity index (χ2v) is 12.9. The fourth-order valence-electron chi connectivity index (χ4n) is 6.14. The first-order valence-corrected chi connectivity index (χ1v) is 14.6. The standard InChI is InChI=1S/C30H44ClN3O4/c1-20-17-32(12-13-34(20)28(36)22-8-6-7-9-22)18-25-15-26(31)14-24(21(25)2)16-27(35)23-10-11-33(19-23)29(37)38-30(3,4)5/h14-15,20,22-23H,6-13,16-19H2,1-5H3/t20-,23+/m0/s1.